The summed E-state index contributed by atoms with van der Waals surface area (Å²) in [5.41, 5.74) is 0.920. The molecule has 64 valence electrons. The smallest absolute Gasteiger partial charge is 0.103 e. The minimum absolute atomic E-state index is 0.0230. The summed E-state index contributed by atoms with van der Waals surface area (Å²) in [4.78, 5) is 0. The van der Waals surface area contributed by atoms with Crippen molar-refractivity contribution in [3.05, 3.63) is 41.7 Å². The van der Waals surface area contributed by atoms with Crippen LogP contribution in [0.5, 0.6) is 0 Å². The highest BCUT2D eigenvalue weighted by Crippen LogP contribution is 2.14. The Morgan fingerprint density at radius 3 is 2.33 bits per heavy atom. The van der Waals surface area contributed by atoms with Crippen LogP contribution in [0.1, 0.15) is 19.4 Å². The Morgan fingerprint density at radius 2 is 1.83 bits per heavy atom. The predicted octanol–water partition coefficient (Wildman–Crippen LogP) is 3.65. The topological polar surface area (TPSA) is 0 Å². The van der Waals surface area contributed by atoms with Crippen molar-refractivity contribution in [1.82, 2.24) is 0 Å². The third-order valence-electron chi connectivity index (χ3n) is 1.66. The van der Waals surface area contributed by atoms with Crippen LogP contribution in [0.2, 0.25) is 0 Å². The summed E-state index contributed by atoms with van der Waals surface area (Å²) in [5, 5.41) is 0. The third kappa shape index (κ3) is 2.50. The second-order valence-corrected chi connectivity index (χ2v) is 3.09. The molecule has 0 aliphatic rings. The summed E-state index contributed by atoms with van der Waals surface area (Å²) in [5.74, 6) is -0.0913. The molecule has 0 unspecified atom stereocenters. The van der Waals surface area contributed by atoms with E-state index >= 15 is 0 Å². The van der Waals surface area contributed by atoms with E-state index in [1.807, 2.05) is 44.2 Å². The predicted molar refractivity (Wildman–Crippen MR) is 50.4 cm³/mol. The summed E-state index contributed by atoms with van der Waals surface area (Å²) in [6.07, 6.45) is 1.57. The van der Waals surface area contributed by atoms with Crippen molar-refractivity contribution in [1.29, 1.82) is 0 Å². The lowest BCUT2D eigenvalue weighted by Crippen LogP contribution is -1.86. The highest BCUT2D eigenvalue weighted by atomic mass is 19.1. The van der Waals surface area contributed by atoms with Gasteiger partial charge in [0, 0.05) is 5.92 Å². The SMILES string of the molecule is CC(C)/C(F)=C/c1ccccc1. The quantitative estimate of drug-likeness (QED) is 0.625. The molecule has 0 saturated carbocycles. The van der Waals surface area contributed by atoms with Gasteiger partial charge < -0.3 is 0 Å². The van der Waals surface area contributed by atoms with Crippen molar-refractivity contribution in [3.63, 3.8) is 0 Å². The maximum Gasteiger partial charge on any atom is 0.103 e. The number of hydrogen-bond donors (Lipinski definition) is 0. The van der Waals surface area contributed by atoms with Gasteiger partial charge in [-0.25, -0.2) is 4.39 Å². The first-order valence-electron chi connectivity index (χ1n) is 4.12. The molecule has 0 fully saturated rings. The van der Waals surface area contributed by atoms with Crippen LogP contribution in [-0.4, -0.2) is 0 Å². The standard InChI is InChI=1S/C11H13F/c1-9(2)11(12)8-10-6-4-3-5-7-10/h3-9H,1-2H3/b11-8-. The van der Waals surface area contributed by atoms with Crippen molar-refractivity contribution in [2.45, 2.75) is 13.8 Å². The summed E-state index contributed by atoms with van der Waals surface area (Å²) in [6, 6.07) is 9.51. The van der Waals surface area contributed by atoms with E-state index in [4.69, 9.17) is 0 Å². The van der Waals surface area contributed by atoms with Gasteiger partial charge in [-0.2, -0.15) is 0 Å². The van der Waals surface area contributed by atoms with Gasteiger partial charge in [0.15, 0.2) is 0 Å². The largest absolute Gasteiger partial charge is 0.212 e. The van der Waals surface area contributed by atoms with Crippen LogP contribution in [0.25, 0.3) is 6.08 Å². The molecule has 0 bridgehead atoms. The molecule has 0 aromatic heterocycles. The molecule has 0 aliphatic carbocycles. The first-order valence-corrected chi connectivity index (χ1v) is 4.12. The highest BCUT2D eigenvalue weighted by Gasteiger charge is 1.99. The van der Waals surface area contributed by atoms with Crippen molar-refractivity contribution < 1.29 is 4.39 Å². The van der Waals surface area contributed by atoms with Gasteiger partial charge in [-0.05, 0) is 11.6 Å². The summed E-state index contributed by atoms with van der Waals surface area (Å²) >= 11 is 0. The molecule has 0 amide bonds. The Hall–Kier alpha value is -1.11. The molecule has 1 heteroatoms. The average Bonchev–Trinajstić information content (AvgIpc) is 2.06. The zero-order valence-corrected chi connectivity index (χ0v) is 7.42. The normalized spacial score (nSPS) is 12.2. The van der Waals surface area contributed by atoms with Crippen molar-refractivity contribution in [2.24, 2.45) is 5.92 Å². The Kier molecular flexibility index (Phi) is 3.03. The maximum absolute atomic E-state index is 13.1. The first-order chi connectivity index (χ1) is 5.70. The fourth-order valence-electron chi connectivity index (χ4n) is 0.875. The van der Waals surface area contributed by atoms with Gasteiger partial charge >= 0.3 is 0 Å². The maximum atomic E-state index is 13.1. The van der Waals surface area contributed by atoms with Gasteiger partial charge in [-0.1, -0.05) is 44.2 Å². The Labute approximate surface area is 72.7 Å². The lowest BCUT2D eigenvalue weighted by Gasteiger charge is -1.99. The van der Waals surface area contributed by atoms with E-state index in [9.17, 15) is 4.39 Å². The van der Waals surface area contributed by atoms with Crippen molar-refractivity contribution in [2.75, 3.05) is 0 Å². The van der Waals surface area contributed by atoms with Gasteiger partial charge in [0.1, 0.15) is 5.83 Å². The minimum atomic E-state index is -0.0683. The van der Waals surface area contributed by atoms with E-state index in [0.29, 0.717) is 0 Å². The molecule has 0 spiro atoms. The van der Waals surface area contributed by atoms with Crippen LogP contribution in [-0.2, 0) is 0 Å². The van der Waals surface area contributed by atoms with Crippen LogP contribution < -0.4 is 0 Å². The number of rotatable bonds is 2. The highest BCUT2D eigenvalue weighted by molar-refractivity contribution is 5.50. The zero-order valence-electron chi connectivity index (χ0n) is 7.42. The second-order valence-electron chi connectivity index (χ2n) is 3.09. The molecule has 0 radical (unpaired) electrons. The molecular formula is C11H13F. The summed E-state index contributed by atoms with van der Waals surface area (Å²) < 4.78 is 13.1. The van der Waals surface area contributed by atoms with E-state index in [1.165, 1.54) is 0 Å². The third-order valence-corrected chi connectivity index (χ3v) is 1.66. The van der Waals surface area contributed by atoms with Gasteiger partial charge in [0.05, 0.1) is 0 Å². The van der Waals surface area contributed by atoms with E-state index in [1.54, 1.807) is 6.08 Å². The molecule has 1 aromatic rings. The summed E-state index contributed by atoms with van der Waals surface area (Å²) in [7, 11) is 0. The number of benzene rings is 1. The van der Waals surface area contributed by atoms with Crippen LogP contribution in [0.15, 0.2) is 36.2 Å². The van der Waals surface area contributed by atoms with Crippen molar-refractivity contribution in [3.8, 4) is 0 Å². The molecule has 0 aliphatic heterocycles. The molecule has 0 N–H and O–H groups in total. The Bertz CT molecular complexity index is 260. The van der Waals surface area contributed by atoms with E-state index < -0.39 is 0 Å². The lowest BCUT2D eigenvalue weighted by atomic mass is 10.1. The Balaban J connectivity index is 2.81. The number of allylic oxidation sites excluding steroid dienone is 1. The zero-order chi connectivity index (χ0) is 8.97. The molecule has 1 rings (SSSR count). The number of halogens is 1. The molecule has 0 heterocycles. The lowest BCUT2D eigenvalue weighted by molar-refractivity contribution is 0.527. The summed E-state index contributed by atoms with van der Waals surface area (Å²) in [6.45, 7) is 3.68. The Morgan fingerprint density at radius 1 is 1.25 bits per heavy atom. The fourth-order valence-corrected chi connectivity index (χ4v) is 0.875. The molecule has 1 aromatic carbocycles. The molecule has 0 atom stereocenters. The monoisotopic (exact) mass is 164 g/mol. The first kappa shape index (κ1) is 8.98. The molecular weight excluding hydrogens is 151 g/mol. The van der Waals surface area contributed by atoms with Crippen molar-refractivity contribution >= 4 is 6.08 Å². The van der Waals surface area contributed by atoms with Gasteiger partial charge in [0.25, 0.3) is 0 Å². The molecule has 0 saturated heterocycles. The van der Waals surface area contributed by atoms with Crippen LogP contribution in [0.3, 0.4) is 0 Å². The molecule has 0 nitrogen and oxygen atoms in total. The number of hydrogen-bond acceptors (Lipinski definition) is 0. The van der Waals surface area contributed by atoms with E-state index in [2.05, 4.69) is 0 Å². The van der Waals surface area contributed by atoms with Crippen LogP contribution in [0.4, 0.5) is 4.39 Å². The van der Waals surface area contributed by atoms with E-state index in [0.717, 1.165) is 5.56 Å². The average molecular weight is 164 g/mol. The van der Waals surface area contributed by atoms with E-state index in [-0.39, 0.29) is 11.7 Å². The second kappa shape index (κ2) is 4.05. The fraction of sp³-hybridized carbons (Fsp3) is 0.273. The van der Waals surface area contributed by atoms with Crippen LogP contribution in [0, 0.1) is 5.92 Å². The van der Waals surface area contributed by atoms with Gasteiger partial charge in [0.2, 0.25) is 0 Å². The van der Waals surface area contributed by atoms with Gasteiger partial charge in [-0.15, -0.1) is 0 Å². The van der Waals surface area contributed by atoms with Crippen LogP contribution >= 0.6 is 0 Å². The molecule has 12 heavy (non-hydrogen) atoms. The minimum Gasteiger partial charge on any atom is -0.212 e. The van der Waals surface area contributed by atoms with Gasteiger partial charge in [-0.3, -0.25) is 0 Å².